The van der Waals surface area contributed by atoms with Crippen LogP contribution in [0.4, 0.5) is 4.39 Å². The van der Waals surface area contributed by atoms with Gasteiger partial charge in [0.1, 0.15) is 17.8 Å². The van der Waals surface area contributed by atoms with Crippen molar-refractivity contribution in [2.24, 2.45) is 0 Å². The Morgan fingerprint density at radius 2 is 2.24 bits per heavy atom. The van der Waals surface area contributed by atoms with Crippen molar-refractivity contribution in [3.05, 3.63) is 66.4 Å². The molecule has 0 radical (unpaired) electrons. The molecule has 1 aliphatic heterocycles. The predicted octanol–water partition coefficient (Wildman–Crippen LogP) is 2.29. The fourth-order valence-corrected chi connectivity index (χ4v) is 2.62. The van der Waals surface area contributed by atoms with Gasteiger partial charge in [0, 0.05) is 31.5 Å². The van der Waals surface area contributed by atoms with Crippen molar-refractivity contribution in [1.82, 2.24) is 19.7 Å². The standard InChI is InChI=1S/C17H15FN4O3/c18-12-3-1-4-14(7-12)24-11-16-20-15(10-25-16)17(23)21-8-13(9-21)22-6-2-5-19-22/h1-7,10,13H,8-9,11H2. The number of carbonyl (C=O) groups excluding carboxylic acids is 1. The maximum Gasteiger partial charge on any atom is 0.275 e. The highest BCUT2D eigenvalue weighted by Gasteiger charge is 2.33. The van der Waals surface area contributed by atoms with Gasteiger partial charge in [0.25, 0.3) is 5.91 Å². The lowest BCUT2D eigenvalue weighted by Gasteiger charge is -2.38. The summed E-state index contributed by atoms with van der Waals surface area (Å²) in [6.45, 7) is 1.19. The highest BCUT2D eigenvalue weighted by molar-refractivity contribution is 5.92. The molecule has 1 amide bonds. The second-order valence-corrected chi connectivity index (χ2v) is 5.72. The van der Waals surface area contributed by atoms with E-state index < -0.39 is 0 Å². The number of nitrogens with zero attached hydrogens (tertiary/aromatic N) is 4. The van der Waals surface area contributed by atoms with Gasteiger partial charge < -0.3 is 14.1 Å². The summed E-state index contributed by atoms with van der Waals surface area (Å²) < 4.78 is 25.6. The molecule has 1 aromatic carbocycles. The van der Waals surface area contributed by atoms with Crippen LogP contribution in [0.25, 0.3) is 0 Å². The average molecular weight is 342 g/mol. The van der Waals surface area contributed by atoms with E-state index in [0.717, 1.165) is 0 Å². The zero-order chi connectivity index (χ0) is 17.2. The van der Waals surface area contributed by atoms with Crippen molar-refractivity contribution < 1.29 is 18.3 Å². The molecule has 0 N–H and O–H groups in total. The largest absolute Gasteiger partial charge is 0.484 e. The lowest BCUT2D eigenvalue weighted by atomic mass is 10.1. The molecule has 0 atom stereocenters. The number of hydrogen-bond donors (Lipinski definition) is 0. The van der Waals surface area contributed by atoms with Gasteiger partial charge in [0.05, 0.1) is 6.04 Å². The molecule has 3 aromatic rings. The van der Waals surface area contributed by atoms with Gasteiger partial charge >= 0.3 is 0 Å². The molecule has 4 rings (SSSR count). The lowest BCUT2D eigenvalue weighted by molar-refractivity contribution is 0.0495. The van der Waals surface area contributed by atoms with E-state index in [1.165, 1.54) is 18.4 Å². The van der Waals surface area contributed by atoms with Crippen molar-refractivity contribution in [3.8, 4) is 5.75 Å². The minimum absolute atomic E-state index is 0.0205. The van der Waals surface area contributed by atoms with E-state index in [-0.39, 0.29) is 36.0 Å². The van der Waals surface area contributed by atoms with E-state index in [1.807, 2.05) is 16.9 Å². The number of likely N-dealkylation sites (tertiary alicyclic amines) is 1. The minimum Gasteiger partial charge on any atom is -0.484 e. The Kier molecular flexibility index (Phi) is 3.93. The first-order valence-corrected chi connectivity index (χ1v) is 7.80. The number of hydrogen-bond acceptors (Lipinski definition) is 5. The van der Waals surface area contributed by atoms with Crippen LogP contribution in [0.1, 0.15) is 22.4 Å². The predicted molar refractivity (Wildman–Crippen MR) is 84.4 cm³/mol. The van der Waals surface area contributed by atoms with Crippen LogP contribution in [0.5, 0.6) is 5.75 Å². The SMILES string of the molecule is O=C(c1coc(COc2cccc(F)c2)n1)N1CC(n2cccn2)C1. The molecule has 25 heavy (non-hydrogen) atoms. The van der Waals surface area contributed by atoms with Gasteiger partial charge in [-0.2, -0.15) is 5.10 Å². The number of halogens is 1. The fraction of sp³-hybridized carbons (Fsp3) is 0.235. The first-order chi connectivity index (χ1) is 12.2. The number of rotatable bonds is 5. The molecular weight excluding hydrogens is 327 g/mol. The summed E-state index contributed by atoms with van der Waals surface area (Å²) >= 11 is 0. The Bertz CT molecular complexity index is 872. The smallest absolute Gasteiger partial charge is 0.275 e. The molecule has 2 aromatic heterocycles. The Morgan fingerprint density at radius 3 is 3.00 bits per heavy atom. The van der Waals surface area contributed by atoms with Gasteiger partial charge in [0.15, 0.2) is 12.3 Å². The van der Waals surface area contributed by atoms with Crippen LogP contribution in [-0.4, -0.2) is 38.7 Å². The summed E-state index contributed by atoms with van der Waals surface area (Å²) in [5.74, 6) is 0.0575. The molecule has 0 aliphatic carbocycles. The molecule has 0 saturated carbocycles. The van der Waals surface area contributed by atoms with Crippen LogP contribution >= 0.6 is 0 Å². The molecule has 7 nitrogen and oxygen atoms in total. The molecule has 3 heterocycles. The number of benzene rings is 1. The highest BCUT2D eigenvalue weighted by Crippen LogP contribution is 2.22. The average Bonchev–Trinajstić information content (AvgIpc) is 3.23. The molecule has 1 saturated heterocycles. The topological polar surface area (TPSA) is 73.4 Å². The second-order valence-electron chi connectivity index (χ2n) is 5.72. The van der Waals surface area contributed by atoms with Crippen molar-refractivity contribution in [2.75, 3.05) is 13.1 Å². The third-order valence-corrected chi connectivity index (χ3v) is 3.98. The summed E-state index contributed by atoms with van der Waals surface area (Å²) in [5, 5.41) is 4.17. The number of amides is 1. The third-order valence-electron chi connectivity index (χ3n) is 3.98. The van der Waals surface area contributed by atoms with Crippen LogP contribution in [0.3, 0.4) is 0 Å². The zero-order valence-electron chi connectivity index (χ0n) is 13.2. The van der Waals surface area contributed by atoms with Gasteiger partial charge in [-0.25, -0.2) is 9.37 Å². The van der Waals surface area contributed by atoms with Crippen molar-refractivity contribution in [3.63, 3.8) is 0 Å². The van der Waals surface area contributed by atoms with Crippen LogP contribution in [-0.2, 0) is 6.61 Å². The lowest BCUT2D eigenvalue weighted by Crippen LogP contribution is -2.50. The fourth-order valence-electron chi connectivity index (χ4n) is 2.62. The first-order valence-electron chi connectivity index (χ1n) is 7.80. The van der Waals surface area contributed by atoms with Crippen molar-refractivity contribution in [2.45, 2.75) is 12.6 Å². The molecule has 1 fully saturated rings. The van der Waals surface area contributed by atoms with Crippen LogP contribution in [0.2, 0.25) is 0 Å². The van der Waals surface area contributed by atoms with Gasteiger partial charge in [0.2, 0.25) is 5.89 Å². The quantitative estimate of drug-likeness (QED) is 0.711. The van der Waals surface area contributed by atoms with E-state index in [2.05, 4.69) is 10.1 Å². The van der Waals surface area contributed by atoms with Crippen LogP contribution in [0.15, 0.2) is 53.4 Å². The van der Waals surface area contributed by atoms with Crippen LogP contribution in [0, 0.1) is 5.82 Å². The first kappa shape index (κ1) is 15.4. The summed E-state index contributed by atoms with van der Waals surface area (Å²) in [6, 6.07) is 7.83. The van der Waals surface area contributed by atoms with Gasteiger partial charge in [-0.05, 0) is 18.2 Å². The summed E-state index contributed by atoms with van der Waals surface area (Å²) in [5.41, 5.74) is 0.233. The van der Waals surface area contributed by atoms with E-state index in [9.17, 15) is 9.18 Å². The minimum atomic E-state index is -0.384. The third kappa shape index (κ3) is 3.23. The van der Waals surface area contributed by atoms with E-state index in [1.54, 1.807) is 23.2 Å². The van der Waals surface area contributed by atoms with E-state index >= 15 is 0 Å². The Balaban J connectivity index is 1.33. The Morgan fingerprint density at radius 1 is 1.36 bits per heavy atom. The van der Waals surface area contributed by atoms with Crippen molar-refractivity contribution in [1.29, 1.82) is 0 Å². The van der Waals surface area contributed by atoms with Crippen LogP contribution < -0.4 is 4.74 Å². The summed E-state index contributed by atoms with van der Waals surface area (Å²) in [7, 11) is 0. The van der Waals surface area contributed by atoms with Gasteiger partial charge in [-0.3, -0.25) is 9.48 Å². The van der Waals surface area contributed by atoms with Gasteiger partial charge in [-0.15, -0.1) is 0 Å². The number of oxazole rings is 1. The monoisotopic (exact) mass is 342 g/mol. The normalized spacial score (nSPS) is 14.4. The molecule has 0 spiro atoms. The summed E-state index contributed by atoms with van der Waals surface area (Å²) in [6.07, 6.45) is 4.91. The van der Waals surface area contributed by atoms with E-state index in [4.69, 9.17) is 9.15 Å². The maximum absolute atomic E-state index is 13.1. The molecule has 8 heteroatoms. The molecule has 128 valence electrons. The molecular formula is C17H15FN4O3. The zero-order valence-corrected chi connectivity index (χ0v) is 13.2. The van der Waals surface area contributed by atoms with Gasteiger partial charge in [-0.1, -0.05) is 6.07 Å². The summed E-state index contributed by atoms with van der Waals surface area (Å²) in [4.78, 5) is 18.2. The second kappa shape index (κ2) is 6.39. The number of ether oxygens (including phenoxy) is 1. The number of carbonyl (C=O) groups is 1. The van der Waals surface area contributed by atoms with E-state index in [0.29, 0.717) is 18.8 Å². The van der Waals surface area contributed by atoms with Crippen molar-refractivity contribution >= 4 is 5.91 Å². The maximum atomic E-state index is 13.1. The molecule has 1 aliphatic rings. The molecule has 0 unspecified atom stereocenters. The Labute approximate surface area is 142 Å². The number of aromatic nitrogens is 3. The Hall–Kier alpha value is -3.16. The highest BCUT2D eigenvalue weighted by atomic mass is 19.1. The molecule has 0 bridgehead atoms.